The lowest BCUT2D eigenvalue weighted by atomic mass is 9.71. The van der Waals surface area contributed by atoms with E-state index in [1.807, 2.05) is 26.0 Å². The lowest BCUT2D eigenvalue weighted by Crippen LogP contribution is -2.33. The number of aryl methyl sites for hydroxylation is 1. The molecule has 146 valence electrons. The van der Waals surface area contributed by atoms with Crippen LogP contribution in [0.2, 0.25) is 0 Å². The minimum atomic E-state index is -0.373. The van der Waals surface area contributed by atoms with Crippen LogP contribution >= 0.6 is 0 Å². The Morgan fingerprint density at radius 3 is 2.48 bits per heavy atom. The Kier molecular flexibility index (Phi) is 7.23. The highest BCUT2D eigenvalue weighted by Crippen LogP contribution is 2.36. The molecular weight excluding hydrogens is 340 g/mol. The quantitative estimate of drug-likeness (QED) is 0.588. The Bertz CT molecular complexity index is 747. The number of hydrogen-bond donors (Lipinski definition) is 0. The topological polar surface area (TPSA) is 68.3 Å². The third kappa shape index (κ3) is 4.79. The van der Waals surface area contributed by atoms with Crippen LogP contribution in [0, 0.1) is 24.7 Å². The van der Waals surface area contributed by atoms with E-state index in [4.69, 9.17) is 0 Å². The second-order valence-electron chi connectivity index (χ2n) is 7.83. The molecule has 0 fully saturated rings. The highest BCUT2D eigenvalue weighted by atomic mass is 16.2. The minimum absolute atomic E-state index is 0.0169. The van der Waals surface area contributed by atoms with Crippen LogP contribution in [0.15, 0.2) is 18.2 Å². The summed E-state index contributed by atoms with van der Waals surface area (Å²) in [5.41, 5.74) is 1.93. The fourth-order valence-corrected chi connectivity index (χ4v) is 4.49. The standard InChI is InChI=1S/C23H30O4/c1-5-8-16(18(6-2)20(25)11-15(4)24)12-17-13-21(26)22-14(3)9-7-10-19(22)23(17)27/h7,9-10,16-18H,5-6,8,11-13H2,1-4H3. The number of carbonyl (C=O) groups excluding carboxylic acids is 4. The van der Waals surface area contributed by atoms with Crippen molar-refractivity contribution >= 4 is 23.1 Å². The molecule has 0 radical (unpaired) electrons. The molecule has 4 nitrogen and oxygen atoms in total. The van der Waals surface area contributed by atoms with Crippen LogP contribution in [-0.2, 0) is 9.59 Å². The number of rotatable bonds is 9. The van der Waals surface area contributed by atoms with Crippen molar-refractivity contribution in [2.45, 2.75) is 66.2 Å². The molecule has 0 bridgehead atoms. The van der Waals surface area contributed by atoms with Crippen molar-refractivity contribution in [3.05, 3.63) is 34.9 Å². The summed E-state index contributed by atoms with van der Waals surface area (Å²) in [6, 6.07) is 5.41. The van der Waals surface area contributed by atoms with E-state index in [2.05, 4.69) is 6.92 Å². The summed E-state index contributed by atoms with van der Waals surface area (Å²) in [5, 5.41) is 0. The van der Waals surface area contributed by atoms with E-state index in [1.54, 1.807) is 6.07 Å². The van der Waals surface area contributed by atoms with E-state index in [1.165, 1.54) is 6.92 Å². The van der Waals surface area contributed by atoms with Gasteiger partial charge in [-0.05, 0) is 44.6 Å². The zero-order chi connectivity index (χ0) is 20.1. The molecular formula is C23H30O4. The van der Waals surface area contributed by atoms with Crippen LogP contribution in [0.1, 0.15) is 85.6 Å². The second kappa shape index (κ2) is 9.20. The first-order valence-corrected chi connectivity index (χ1v) is 9.99. The van der Waals surface area contributed by atoms with Crippen LogP contribution in [0.4, 0.5) is 0 Å². The van der Waals surface area contributed by atoms with Crippen molar-refractivity contribution in [2.24, 2.45) is 17.8 Å². The molecule has 4 heteroatoms. The fraction of sp³-hybridized carbons (Fsp3) is 0.565. The van der Waals surface area contributed by atoms with Gasteiger partial charge in [0.25, 0.3) is 0 Å². The number of benzene rings is 1. The van der Waals surface area contributed by atoms with Gasteiger partial charge >= 0.3 is 0 Å². The molecule has 1 aliphatic rings. The largest absolute Gasteiger partial charge is 0.300 e. The third-order valence-electron chi connectivity index (χ3n) is 5.71. The SMILES string of the molecule is CCCC(CC1CC(=O)c2c(C)cccc2C1=O)C(CC)C(=O)CC(C)=O. The second-order valence-corrected chi connectivity index (χ2v) is 7.83. The van der Waals surface area contributed by atoms with Gasteiger partial charge in [0.15, 0.2) is 11.6 Å². The molecule has 1 aromatic rings. The van der Waals surface area contributed by atoms with Crippen LogP contribution in [0.5, 0.6) is 0 Å². The maximum Gasteiger partial charge on any atom is 0.167 e. The molecule has 0 aliphatic heterocycles. The van der Waals surface area contributed by atoms with E-state index in [0.717, 1.165) is 18.4 Å². The van der Waals surface area contributed by atoms with Crippen molar-refractivity contribution in [1.29, 1.82) is 0 Å². The van der Waals surface area contributed by atoms with Gasteiger partial charge in [-0.15, -0.1) is 0 Å². The zero-order valence-corrected chi connectivity index (χ0v) is 16.8. The molecule has 0 heterocycles. The summed E-state index contributed by atoms with van der Waals surface area (Å²) in [6.07, 6.45) is 3.08. The number of hydrogen-bond acceptors (Lipinski definition) is 4. The first kappa shape index (κ1) is 21.2. The maximum atomic E-state index is 13.0. The molecule has 0 saturated heterocycles. The first-order valence-electron chi connectivity index (χ1n) is 9.99. The van der Waals surface area contributed by atoms with Gasteiger partial charge in [0.2, 0.25) is 0 Å². The average Bonchev–Trinajstić information content (AvgIpc) is 2.59. The number of Topliss-reactive ketones (excluding diaryl/α,β-unsaturated/α-hetero) is 4. The van der Waals surface area contributed by atoms with Gasteiger partial charge in [-0.25, -0.2) is 0 Å². The van der Waals surface area contributed by atoms with Gasteiger partial charge in [-0.1, -0.05) is 38.5 Å². The van der Waals surface area contributed by atoms with Gasteiger partial charge in [0.1, 0.15) is 11.6 Å². The first-order chi connectivity index (χ1) is 12.8. The van der Waals surface area contributed by atoms with Gasteiger partial charge in [-0.3, -0.25) is 19.2 Å². The van der Waals surface area contributed by atoms with Crippen molar-refractivity contribution in [3.8, 4) is 0 Å². The Balaban J connectivity index is 2.25. The molecule has 1 aliphatic carbocycles. The Labute approximate surface area is 161 Å². The molecule has 27 heavy (non-hydrogen) atoms. The Hall–Kier alpha value is -2.10. The van der Waals surface area contributed by atoms with E-state index in [0.29, 0.717) is 24.0 Å². The predicted molar refractivity (Wildman–Crippen MR) is 105 cm³/mol. The average molecular weight is 370 g/mol. The fourth-order valence-electron chi connectivity index (χ4n) is 4.49. The predicted octanol–water partition coefficient (Wildman–Crippen LogP) is 4.76. The smallest absolute Gasteiger partial charge is 0.167 e. The van der Waals surface area contributed by atoms with Gasteiger partial charge in [0.05, 0.1) is 6.42 Å². The summed E-state index contributed by atoms with van der Waals surface area (Å²) in [4.78, 5) is 49.6. The number of carbonyl (C=O) groups is 4. The maximum absolute atomic E-state index is 13.0. The molecule has 0 spiro atoms. The normalized spacial score (nSPS) is 18.7. The summed E-state index contributed by atoms with van der Waals surface area (Å²) < 4.78 is 0. The van der Waals surface area contributed by atoms with Crippen LogP contribution in [-0.4, -0.2) is 23.1 Å². The van der Waals surface area contributed by atoms with E-state index < -0.39 is 0 Å². The van der Waals surface area contributed by atoms with Crippen LogP contribution in [0.25, 0.3) is 0 Å². The molecule has 0 saturated carbocycles. The molecule has 0 N–H and O–H groups in total. The van der Waals surface area contributed by atoms with Crippen molar-refractivity contribution in [2.75, 3.05) is 0 Å². The number of fused-ring (bicyclic) bond motifs is 1. The molecule has 1 aromatic carbocycles. The molecule has 3 atom stereocenters. The van der Waals surface area contributed by atoms with Gasteiger partial charge in [0, 0.05) is 29.4 Å². The summed E-state index contributed by atoms with van der Waals surface area (Å²) >= 11 is 0. The van der Waals surface area contributed by atoms with Crippen LogP contribution in [0.3, 0.4) is 0 Å². The summed E-state index contributed by atoms with van der Waals surface area (Å²) in [6.45, 7) is 7.30. The Morgan fingerprint density at radius 1 is 1.19 bits per heavy atom. The third-order valence-corrected chi connectivity index (χ3v) is 5.71. The monoisotopic (exact) mass is 370 g/mol. The Morgan fingerprint density at radius 2 is 1.89 bits per heavy atom. The van der Waals surface area contributed by atoms with Gasteiger partial charge in [-0.2, -0.15) is 0 Å². The van der Waals surface area contributed by atoms with Crippen LogP contribution < -0.4 is 0 Å². The zero-order valence-electron chi connectivity index (χ0n) is 16.8. The molecule has 3 unspecified atom stereocenters. The van der Waals surface area contributed by atoms with Crippen molar-refractivity contribution in [3.63, 3.8) is 0 Å². The van der Waals surface area contributed by atoms with Crippen molar-refractivity contribution in [1.82, 2.24) is 0 Å². The highest BCUT2D eigenvalue weighted by Gasteiger charge is 2.37. The number of ketones is 4. The lowest BCUT2D eigenvalue weighted by Gasteiger charge is -2.30. The summed E-state index contributed by atoms with van der Waals surface area (Å²) in [7, 11) is 0. The van der Waals surface area contributed by atoms with Gasteiger partial charge < -0.3 is 0 Å². The van der Waals surface area contributed by atoms with E-state index in [9.17, 15) is 19.2 Å². The summed E-state index contributed by atoms with van der Waals surface area (Å²) in [5.74, 6) is -0.691. The van der Waals surface area contributed by atoms with Crippen molar-refractivity contribution < 1.29 is 19.2 Å². The minimum Gasteiger partial charge on any atom is -0.300 e. The van der Waals surface area contributed by atoms with E-state index in [-0.39, 0.29) is 53.7 Å². The molecule has 0 aromatic heterocycles. The molecule has 0 amide bonds. The molecule has 2 rings (SSSR count). The van der Waals surface area contributed by atoms with E-state index >= 15 is 0 Å². The highest BCUT2D eigenvalue weighted by molar-refractivity contribution is 6.15. The lowest BCUT2D eigenvalue weighted by molar-refractivity contribution is -0.129.